The first kappa shape index (κ1) is 28.4. The largest absolute Gasteiger partial charge is 0.445 e. The van der Waals surface area contributed by atoms with Gasteiger partial charge < -0.3 is 39.7 Å². The van der Waals surface area contributed by atoms with Gasteiger partial charge in [0.25, 0.3) is 0 Å². The molecular weight excluding hydrogens is 516 g/mol. The normalized spacial score (nSPS) is 32.2. The van der Waals surface area contributed by atoms with Crippen molar-refractivity contribution in [3.63, 3.8) is 0 Å². The molecule has 2 amide bonds. The molecule has 6 atom stereocenters. The SMILES string of the molecule is O=C(OCc1ccccc1)N1C[C@@H]2C[C@H](O)C[C@]2(O)C1.O=C(OCc1ccccc1)N1C[C@H]2C[C@@H](O)C[C@@]2(O)C1. The highest BCUT2D eigenvalue weighted by Crippen LogP contribution is 2.42. The monoisotopic (exact) mass is 554 g/mol. The zero-order valence-corrected chi connectivity index (χ0v) is 22.5. The summed E-state index contributed by atoms with van der Waals surface area (Å²) in [6.07, 6.45) is 0.107. The molecule has 2 aromatic rings. The first-order valence-electron chi connectivity index (χ1n) is 13.9. The van der Waals surface area contributed by atoms with Crippen LogP contribution in [0.15, 0.2) is 60.7 Å². The fourth-order valence-electron chi connectivity index (χ4n) is 6.51. The summed E-state index contributed by atoms with van der Waals surface area (Å²) in [6, 6.07) is 19.0. The van der Waals surface area contributed by atoms with E-state index in [9.17, 15) is 30.0 Å². The molecule has 10 heteroatoms. The van der Waals surface area contributed by atoms with Crippen LogP contribution in [-0.2, 0) is 22.7 Å². The van der Waals surface area contributed by atoms with E-state index in [1.54, 1.807) is 9.80 Å². The molecule has 2 aliphatic carbocycles. The minimum Gasteiger partial charge on any atom is -0.445 e. The van der Waals surface area contributed by atoms with Crippen molar-refractivity contribution in [3.05, 3.63) is 71.8 Å². The second-order valence-electron chi connectivity index (χ2n) is 11.6. The van der Waals surface area contributed by atoms with Crippen LogP contribution in [0, 0.1) is 11.8 Å². The van der Waals surface area contributed by atoms with Crippen molar-refractivity contribution in [1.82, 2.24) is 9.80 Å². The van der Waals surface area contributed by atoms with Crippen LogP contribution in [0.2, 0.25) is 0 Å². The van der Waals surface area contributed by atoms with E-state index in [2.05, 4.69) is 0 Å². The molecule has 216 valence electrons. The number of amides is 2. The summed E-state index contributed by atoms with van der Waals surface area (Å²) < 4.78 is 10.5. The van der Waals surface area contributed by atoms with Crippen LogP contribution >= 0.6 is 0 Å². The van der Waals surface area contributed by atoms with E-state index in [-0.39, 0.29) is 38.1 Å². The second kappa shape index (κ2) is 11.7. The first-order valence-corrected chi connectivity index (χ1v) is 13.9. The summed E-state index contributed by atoms with van der Waals surface area (Å²) in [5, 5.41) is 40.0. The minimum absolute atomic E-state index is 0.0400. The molecule has 2 aliphatic heterocycles. The Morgan fingerprint density at radius 1 is 0.700 bits per heavy atom. The average molecular weight is 555 g/mol. The minimum atomic E-state index is -0.939. The first-order chi connectivity index (χ1) is 19.1. The molecule has 40 heavy (non-hydrogen) atoms. The number of hydrogen-bond donors (Lipinski definition) is 4. The van der Waals surface area contributed by atoms with Crippen molar-refractivity contribution in [2.24, 2.45) is 11.8 Å². The predicted octanol–water partition coefficient (Wildman–Crippen LogP) is 2.28. The molecule has 2 saturated carbocycles. The number of hydrogen-bond acceptors (Lipinski definition) is 8. The zero-order chi connectivity index (χ0) is 28.3. The highest BCUT2D eigenvalue weighted by atomic mass is 16.6. The van der Waals surface area contributed by atoms with Gasteiger partial charge in [-0.1, -0.05) is 60.7 Å². The van der Waals surface area contributed by atoms with Crippen molar-refractivity contribution >= 4 is 12.2 Å². The molecule has 0 aromatic heterocycles. The topological polar surface area (TPSA) is 140 Å². The maximum Gasteiger partial charge on any atom is 0.410 e. The van der Waals surface area contributed by atoms with E-state index in [0.29, 0.717) is 38.8 Å². The van der Waals surface area contributed by atoms with Gasteiger partial charge in [0.15, 0.2) is 0 Å². The number of likely N-dealkylation sites (tertiary alicyclic amines) is 2. The molecule has 10 nitrogen and oxygen atoms in total. The number of carbonyl (C=O) groups excluding carboxylic acids is 2. The Morgan fingerprint density at radius 2 is 1.07 bits per heavy atom. The van der Waals surface area contributed by atoms with Gasteiger partial charge in [0.05, 0.1) is 36.5 Å². The summed E-state index contributed by atoms with van der Waals surface area (Å²) in [4.78, 5) is 27.1. The van der Waals surface area contributed by atoms with Crippen LogP contribution in [0.3, 0.4) is 0 Å². The lowest BCUT2D eigenvalue weighted by atomic mass is 9.95. The number of fused-ring (bicyclic) bond motifs is 2. The Bertz CT molecular complexity index is 1080. The number of benzene rings is 2. The second-order valence-corrected chi connectivity index (χ2v) is 11.6. The van der Waals surface area contributed by atoms with Crippen LogP contribution < -0.4 is 0 Å². The standard InChI is InChI=1S/2C15H19NO4/c2*17-13-6-12-8-16(10-15(12,19)7-13)14(18)20-9-11-4-2-1-3-5-11/h2*1-5,12-13,17,19H,6-10H2/t2*12-,13-,15-/m10/s1. The third-order valence-corrected chi connectivity index (χ3v) is 8.55. The molecule has 6 rings (SSSR count). The van der Waals surface area contributed by atoms with Crippen LogP contribution in [0.4, 0.5) is 9.59 Å². The Hall–Kier alpha value is -3.18. The maximum absolute atomic E-state index is 12.0. The van der Waals surface area contributed by atoms with Gasteiger partial charge in [-0.05, 0) is 24.0 Å². The Balaban J connectivity index is 0.000000161. The van der Waals surface area contributed by atoms with E-state index in [0.717, 1.165) is 11.1 Å². The van der Waals surface area contributed by atoms with E-state index in [4.69, 9.17) is 9.47 Å². The third kappa shape index (κ3) is 6.41. The maximum atomic E-state index is 12.0. The van der Waals surface area contributed by atoms with Crippen LogP contribution in [0.1, 0.15) is 36.8 Å². The molecule has 4 aliphatic rings. The summed E-state index contributed by atoms with van der Waals surface area (Å²) in [7, 11) is 0. The molecule has 2 aromatic carbocycles. The summed E-state index contributed by atoms with van der Waals surface area (Å²) in [5.41, 5.74) is -0.000132. The molecule has 0 unspecified atom stereocenters. The third-order valence-electron chi connectivity index (χ3n) is 8.55. The molecule has 0 radical (unpaired) electrons. The molecule has 4 N–H and O–H groups in total. The molecule has 2 saturated heterocycles. The van der Waals surface area contributed by atoms with Crippen molar-refractivity contribution in [1.29, 1.82) is 0 Å². The van der Waals surface area contributed by atoms with Crippen LogP contribution in [-0.4, -0.2) is 92.0 Å². The van der Waals surface area contributed by atoms with E-state index in [1.165, 1.54) is 0 Å². The molecule has 0 bridgehead atoms. The summed E-state index contributed by atoms with van der Waals surface area (Å²) >= 11 is 0. The fourth-order valence-corrected chi connectivity index (χ4v) is 6.51. The van der Waals surface area contributed by atoms with Crippen molar-refractivity contribution in [3.8, 4) is 0 Å². The van der Waals surface area contributed by atoms with Gasteiger partial charge in [0.2, 0.25) is 0 Å². The van der Waals surface area contributed by atoms with Gasteiger partial charge in [0, 0.05) is 37.8 Å². The van der Waals surface area contributed by atoms with Crippen molar-refractivity contribution in [2.75, 3.05) is 26.2 Å². The number of rotatable bonds is 4. The van der Waals surface area contributed by atoms with E-state index in [1.807, 2.05) is 60.7 Å². The van der Waals surface area contributed by atoms with Crippen LogP contribution in [0.25, 0.3) is 0 Å². The zero-order valence-electron chi connectivity index (χ0n) is 22.5. The van der Waals surface area contributed by atoms with Gasteiger partial charge in [-0.2, -0.15) is 0 Å². The van der Waals surface area contributed by atoms with Crippen molar-refractivity contribution < 1.29 is 39.5 Å². The van der Waals surface area contributed by atoms with Gasteiger partial charge in [0.1, 0.15) is 13.2 Å². The lowest BCUT2D eigenvalue weighted by molar-refractivity contribution is 0.0174. The number of carbonyl (C=O) groups is 2. The fraction of sp³-hybridized carbons (Fsp3) is 0.533. The lowest BCUT2D eigenvalue weighted by Crippen LogP contribution is -2.37. The predicted molar refractivity (Wildman–Crippen MR) is 144 cm³/mol. The highest BCUT2D eigenvalue weighted by molar-refractivity contribution is 5.69. The number of aliphatic hydroxyl groups excluding tert-OH is 2. The smallest absolute Gasteiger partial charge is 0.410 e. The Labute approximate surface area is 233 Å². The molecule has 0 spiro atoms. The highest BCUT2D eigenvalue weighted by Gasteiger charge is 2.54. The van der Waals surface area contributed by atoms with Gasteiger partial charge in [-0.3, -0.25) is 0 Å². The van der Waals surface area contributed by atoms with Gasteiger partial charge >= 0.3 is 12.2 Å². The Morgan fingerprint density at radius 3 is 1.43 bits per heavy atom. The summed E-state index contributed by atoms with van der Waals surface area (Å²) in [5.74, 6) is -0.0800. The molecule has 4 fully saturated rings. The number of β-amino-alcohol motifs (C(OH)–C–C–N with tert-alkyl or cyclic N) is 2. The average Bonchev–Trinajstić information content (AvgIpc) is 3.60. The van der Waals surface area contributed by atoms with Gasteiger partial charge in [-0.15, -0.1) is 0 Å². The summed E-state index contributed by atoms with van der Waals surface area (Å²) in [6.45, 7) is 1.90. The van der Waals surface area contributed by atoms with E-state index < -0.39 is 35.6 Å². The van der Waals surface area contributed by atoms with Gasteiger partial charge in [-0.25, -0.2) is 9.59 Å². The number of ether oxygens (including phenoxy) is 2. The van der Waals surface area contributed by atoms with Crippen LogP contribution in [0.5, 0.6) is 0 Å². The quantitative estimate of drug-likeness (QED) is 0.451. The number of aliphatic hydroxyl groups is 4. The Kier molecular flexibility index (Phi) is 8.32. The lowest BCUT2D eigenvalue weighted by Gasteiger charge is -2.21. The van der Waals surface area contributed by atoms with E-state index >= 15 is 0 Å². The van der Waals surface area contributed by atoms with Crippen molar-refractivity contribution in [2.45, 2.75) is 62.3 Å². The molecule has 2 heterocycles. The molecular formula is C30H38N2O8. The number of nitrogens with zero attached hydrogens (tertiary/aromatic N) is 2.